The van der Waals surface area contributed by atoms with Crippen LogP contribution in [0.1, 0.15) is 5.56 Å². The average Bonchev–Trinajstić information content (AvgIpc) is 2.52. The van der Waals surface area contributed by atoms with Gasteiger partial charge in [0.05, 0.1) is 0 Å². The number of nitrogens with zero attached hydrogens (tertiary/aromatic N) is 1. The lowest BCUT2D eigenvalue weighted by atomic mass is 9.83. The standard InChI is InChI=1S/C15H4ClF9I2N/c16-10-2-1-6(5-28-10)11-8(3-7(26)4-9(11)27)12(17,14(20,21)22)13(18,19)15(23,24)25/h1-3,5H. The summed E-state index contributed by atoms with van der Waals surface area (Å²) in [5.74, 6) is -6.78. The maximum absolute atomic E-state index is 15.0. The van der Waals surface area contributed by atoms with Gasteiger partial charge < -0.3 is 0 Å². The zero-order valence-corrected chi connectivity index (χ0v) is 17.9. The third kappa shape index (κ3) is 3.91. The maximum Gasteiger partial charge on any atom is 0.457 e. The van der Waals surface area contributed by atoms with Crippen LogP contribution >= 0.6 is 56.8 Å². The number of pyridine rings is 1. The van der Waals surface area contributed by atoms with Crippen LogP contribution in [0, 0.1) is 13.2 Å². The molecule has 2 rings (SSSR count). The third-order valence-corrected chi connectivity index (χ3v) is 5.17. The molecule has 1 aromatic carbocycles. The van der Waals surface area contributed by atoms with Gasteiger partial charge in [-0.25, -0.2) is 9.37 Å². The van der Waals surface area contributed by atoms with E-state index in [1.54, 1.807) is 0 Å². The summed E-state index contributed by atoms with van der Waals surface area (Å²) < 4.78 is 121. The molecule has 1 nitrogen and oxygen atoms in total. The molecular weight excluding hydrogens is 654 g/mol. The van der Waals surface area contributed by atoms with Crippen LogP contribution in [0.2, 0.25) is 5.15 Å². The molecule has 0 aliphatic heterocycles. The molecule has 1 atom stereocenters. The van der Waals surface area contributed by atoms with Gasteiger partial charge in [-0.05, 0) is 63.4 Å². The van der Waals surface area contributed by atoms with Crippen molar-refractivity contribution in [2.75, 3.05) is 0 Å². The number of alkyl halides is 9. The molecule has 0 N–H and O–H groups in total. The van der Waals surface area contributed by atoms with E-state index < -0.39 is 35.1 Å². The molecular formula is C15H4ClF9I2N. The Balaban J connectivity index is 2.98. The minimum Gasteiger partial charge on any atom is -0.244 e. The molecule has 1 unspecified atom stereocenters. The lowest BCUT2D eigenvalue weighted by Gasteiger charge is -2.37. The van der Waals surface area contributed by atoms with Crippen LogP contribution < -0.4 is 0 Å². The van der Waals surface area contributed by atoms with Gasteiger partial charge in [0.2, 0.25) is 0 Å². The molecule has 1 radical (unpaired) electrons. The number of aromatic nitrogens is 1. The topological polar surface area (TPSA) is 12.9 Å². The number of rotatable bonds is 3. The Bertz CT molecular complexity index is 881. The van der Waals surface area contributed by atoms with Gasteiger partial charge in [-0.2, -0.15) is 35.1 Å². The lowest BCUT2D eigenvalue weighted by molar-refractivity contribution is -0.389. The first-order chi connectivity index (χ1) is 12.5. The summed E-state index contributed by atoms with van der Waals surface area (Å²) >= 11 is 8.25. The van der Waals surface area contributed by atoms with Gasteiger partial charge in [-0.3, -0.25) is 0 Å². The third-order valence-electron chi connectivity index (χ3n) is 3.56. The van der Waals surface area contributed by atoms with Crippen molar-refractivity contribution in [3.63, 3.8) is 0 Å². The Labute approximate surface area is 183 Å². The molecule has 0 spiro atoms. The maximum atomic E-state index is 15.0. The van der Waals surface area contributed by atoms with Gasteiger partial charge in [-0.1, -0.05) is 11.6 Å². The predicted molar refractivity (Wildman–Crippen MR) is 98.8 cm³/mol. The van der Waals surface area contributed by atoms with Crippen molar-refractivity contribution < 1.29 is 39.5 Å². The van der Waals surface area contributed by atoms with Gasteiger partial charge in [-0.15, -0.1) is 0 Å². The van der Waals surface area contributed by atoms with E-state index in [0.717, 1.165) is 18.3 Å². The lowest BCUT2D eigenvalue weighted by Crippen LogP contribution is -2.60. The van der Waals surface area contributed by atoms with Crippen molar-refractivity contribution in [1.82, 2.24) is 4.98 Å². The predicted octanol–water partition coefficient (Wildman–Crippen LogP) is 7.34. The van der Waals surface area contributed by atoms with Gasteiger partial charge in [0.1, 0.15) is 5.15 Å². The SMILES string of the molecule is FC(F)(F)C(F)(F)C(F)(c1cc(I)[c]c(I)c1-c1ccc(Cl)nc1)C(F)(F)F. The smallest absolute Gasteiger partial charge is 0.244 e. The normalized spacial score (nSPS) is 15.4. The van der Waals surface area contributed by atoms with E-state index in [2.05, 4.69) is 11.1 Å². The monoisotopic (exact) mass is 658 g/mol. The zero-order valence-electron chi connectivity index (χ0n) is 12.8. The highest BCUT2D eigenvalue weighted by molar-refractivity contribution is 14.1. The molecule has 0 aliphatic rings. The van der Waals surface area contributed by atoms with Crippen LogP contribution in [-0.2, 0) is 5.67 Å². The largest absolute Gasteiger partial charge is 0.457 e. The van der Waals surface area contributed by atoms with E-state index >= 15 is 4.39 Å². The van der Waals surface area contributed by atoms with Crippen molar-refractivity contribution in [3.8, 4) is 11.1 Å². The molecule has 0 amide bonds. The van der Waals surface area contributed by atoms with E-state index in [9.17, 15) is 35.1 Å². The Morgan fingerprint density at radius 3 is 1.89 bits per heavy atom. The van der Waals surface area contributed by atoms with Crippen molar-refractivity contribution in [1.29, 1.82) is 0 Å². The first-order valence-electron chi connectivity index (χ1n) is 6.78. The fourth-order valence-corrected chi connectivity index (χ4v) is 4.39. The number of hydrogen-bond donors (Lipinski definition) is 0. The molecule has 0 saturated heterocycles. The first kappa shape index (κ1) is 23.8. The molecule has 0 fully saturated rings. The van der Waals surface area contributed by atoms with Gasteiger partial charge in [0, 0.05) is 36.1 Å². The van der Waals surface area contributed by atoms with Gasteiger partial charge in [0.25, 0.3) is 0 Å². The fourth-order valence-electron chi connectivity index (χ4n) is 2.29. The number of benzene rings is 1. The van der Waals surface area contributed by atoms with Crippen molar-refractivity contribution in [3.05, 3.63) is 48.3 Å². The Kier molecular flexibility index (Phi) is 6.48. The molecule has 0 saturated carbocycles. The van der Waals surface area contributed by atoms with Gasteiger partial charge in [0.15, 0.2) is 0 Å². The summed E-state index contributed by atoms with van der Waals surface area (Å²) in [6.07, 6.45) is -12.6. The highest BCUT2D eigenvalue weighted by Crippen LogP contribution is 2.60. The second-order valence-corrected chi connectivity index (χ2v) is 7.95. The second kappa shape index (κ2) is 7.63. The van der Waals surface area contributed by atoms with E-state index in [1.165, 1.54) is 45.2 Å². The van der Waals surface area contributed by atoms with Crippen LogP contribution in [0.4, 0.5) is 39.5 Å². The molecule has 153 valence electrons. The number of halogens is 12. The second-order valence-electron chi connectivity index (χ2n) is 5.32. The highest BCUT2D eigenvalue weighted by atomic mass is 127. The van der Waals surface area contributed by atoms with Crippen LogP contribution in [0.15, 0.2) is 24.4 Å². The van der Waals surface area contributed by atoms with Crippen LogP contribution in [0.5, 0.6) is 0 Å². The molecule has 28 heavy (non-hydrogen) atoms. The summed E-state index contributed by atoms with van der Waals surface area (Å²) in [5, 5.41) is -0.127. The van der Waals surface area contributed by atoms with E-state index in [-0.39, 0.29) is 23.9 Å². The Hall–Kier alpha value is -0.510. The summed E-state index contributed by atoms with van der Waals surface area (Å²) in [4.78, 5) is 3.55. The fraction of sp³-hybridized carbons (Fsp3) is 0.267. The van der Waals surface area contributed by atoms with E-state index in [0.29, 0.717) is 0 Å². The van der Waals surface area contributed by atoms with Crippen molar-refractivity contribution in [2.24, 2.45) is 0 Å². The van der Waals surface area contributed by atoms with Crippen LogP contribution in [0.3, 0.4) is 0 Å². The number of hydrogen-bond acceptors (Lipinski definition) is 1. The quantitative estimate of drug-likeness (QED) is 0.191. The molecule has 1 aromatic heterocycles. The van der Waals surface area contributed by atoms with E-state index in [1.807, 2.05) is 0 Å². The summed E-state index contributed by atoms with van der Waals surface area (Å²) in [7, 11) is 0. The summed E-state index contributed by atoms with van der Waals surface area (Å²) in [5.41, 5.74) is -9.17. The van der Waals surface area contributed by atoms with Crippen LogP contribution in [-0.4, -0.2) is 23.3 Å². The first-order valence-corrected chi connectivity index (χ1v) is 9.31. The van der Waals surface area contributed by atoms with Gasteiger partial charge >= 0.3 is 23.9 Å². The van der Waals surface area contributed by atoms with Crippen LogP contribution in [0.25, 0.3) is 11.1 Å². The Morgan fingerprint density at radius 1 is 0.893 bits per heavy atom. The highest BCUT2D eigenvalue weighted by Gasteiger charge is 2.82. The van der Waals surface area contributed by atoms with E-state index in [4.69, 9.17) is 11.6 Å². The molecule has 0 bridgehead atoms. The molecule has 1 heterocycles. The zero-order chi connectivity index (χ0) is 21.7. The molecule has 0 aliphatic carbocycles. The minimum atomic E-state index is -6.82. The molecule has 13 heteroatoms. The summed E-state index contributed by atoms with van der Waals surface area (Å²) in [6.45, 7) is 0. The summed E-state index contributed by atoms with van der Waals surface area (Å²) in [6, 6.07) is 4.78. The van der Waals surface area contributed by atoms with Crippen molar-refractivity contribution in [2.45, 2.75) is 23.9 Å². The minimum absolute atomic E-state index is 0.127. The molecule has 2 aromatic rings. The average molecular weight is 658 g/mol. The van der Waals surface area contributed by atoms with Crippen molar-refractivity contribution >= 4 is 56.8 Å². The Morgan fingerprint density at radius 2 is 1.46 bits per heavy atom.